The Bertz CT molecular complexity index is 949. The summed E-state index contributed by atoms with van der Waals surface area (Å²) in [7, 11) is 1.96. The van der Waals surface area contributed by atoms with E-state index >= 15 is 0 Å². The number of benzene rings is 1. The zero-order chi connectivity index (χ0) is 16.7. The average Bonchev–Trinajstić information content (AvgIpc) is 2.88. The van der Waals surface area contributed by atoms with Crippen molar-refractivity contribution in [3.63, 3.8) is 0 Å². The van der Waals surface area contributed by atoms with E-state index < -0.39 is 0 Å². The highest BCUT2D eigenvalue weighted by molar-refractivity contribution is 6.07. The van der Waals surface area contributed by atoms with Crippen molar-refractivity contribution in [1.82, 2.24) is 24.6 Å². The predicted molar refractivity (Wildman–Crippen MR) is 96.5 cm³/mol. The lowest BCUT2D eigenvalue weighted by atomic mass is 10.1. The highest BCUT2D eigenvalue weighted by Crippen LogP contribution is 2.26. The second-order valence-electron chi connectivity index (χ2n) is 6.61. The molecule has 0 atom stereocenters. The van der Waals surface area contributed by atoms with Crippen molar-refractivity contribution in [2.75, 3.05) is 32.7 Å². The van der Waals surface area contributed by atoms with Gasteiger partial charge in [0, 0.05) is 56.1 Å². The van der Waals surface area contributed by atoms with Gasteiger partial charge in [0.05, 0.1) is 12.7 Å². The molecule has 1 aromatic carbocycles. The molecule has 0 spiro atoms. The Hall–Kier alpha value is -2.18. The number of fused-ring (bicyclic) bond motifs is 3. The van der Waals surface area contributed by atoms with Gasteiger partial charge >= 0.3 is 0 Å². The molecule has 6 heteroatoms. The third-order valence-corrected chi connectivity index (χ3v) is 4.99. The summed E-state index contributed by atoms with van der Waals surface area (Å²) < 4.78 is 3.60. The van der Waals surface area contributed by atoms with Crippen LogP contribution in [0.1, 0.15) is 5.56 Å². The summed E-state index contributed by atoms with van der Waals surface area (Å²) in [6, 6.07) is 6.29. The summed E-state index contributed by atoms with van der Waals surface area (Å²) in [4.78, 5) is 15.3. The summed E-state index contributed by atoms with van der Waals surface area (Å²) in [5.74, 6) is 0. The van der Waals surface area contributed by atoms with Crippen molar-refractivity contribution in [1.29, 1.82) is 0 Å². The third kappa shape index (κ3) is 2.52. The number of nitrogens with one attached hydrogen (secondary N) is 1. The van der Waals surface area contributed by atoms with Gasteiger partial charge in [0.25, 0.3) is 5.56 Å². The Kier molecular flexibility index (Phi) is 3.86. The number of rotatable bonds is 3. The summed E-state index contributed by atoms with van der Waals surface area (Å²) in [6.45, 7) is 7.67. The number of hydrogen-bond acceptors (Lipinski definition) is 4. The molecule has 126 valence electrons. The topological polar surface area (TPSA) is 55.1 Å². The van der Waals surface area contributed by atoms with E-state index in [0.717, 1.165) is 54.5 Å². The molecule has 6 nitrogen and oxygen atoms in total. The SMILES string of the molecule is Cc1ccc2c(c1)c1cnn(CCN3CCNCC3)c(=O)c1n2C. The maximum Gasteiger partial charge on any atom is 0.291 e. The fraction of sp³-hybridized carbons (Fsp3) is 0.444. The smallest absolute Gasteiger partial charge is 0.291 e. The van der Waals surface area contributed by atoms with E-state index in [2.05, 4.69) is 40.4 Å². The molecule has 4 rings (SSSR count). The molecule has 0 amide bonds. The van der Waals surface area contributed by atoms with Crippen LogP contribution >= 0.6 is 0 Å². The van der Waals surface area contributed by atoms with Gasteiger partial charge in [-0.3, -0.25) is 9.69 Å². The van der Waals surface area contributed by atoms with Crippen LogP contribution in [0.3, 0.4) is 0 Å². The van der Waals surface area contributed by atoms with Crippen LogP contribution in [0.2, 0.25) is 0 Å². The highest BCUT2D eigenvalue weighted by atomic mass is 16.1. The molecule has 0 unspecified atom stereocenters. The van der Waals surface area contributed by atoms with E-state index in [4.69, 9.17) is 0 Å². The Morgan fingerprint density at radius 2 is 1.96 bits per heavy atom. The molecule has 0 aliphatic carbocycles. The van der Waals surface area contributed by atoms with Gasteiger partial charge in [0.1, 0.15) is 5.52 Å². The summed E-state index contributed by atoms with van der Waals surface area (Å²) >= 11 is 0. The van der Waals surface area contributed by atoms with E-state index in [1.807, 2.05) is 17.8 Å². The van der Waals surface area contributed by atoms with Crippen LogP contribution in [0, 0.1) is 6.92 Å². The van der Waals surface area contributed by atoms with Crippen molar-refractivity contribution < 1.29 is 0 Å². The Labute approximate surface area is 140 Å². The fourth-order valence-electron chi connectivity index (χ4n) is 3.61. The molecule has 1 aliphatic heterocycles. The van der Waals surface area contributed by atoms with Crippen LogP contribution in [-0.2, 0) is 13.6 Å². The molecule has 0 saturated carbocycles. The quantitative estimate of drug-likeness (QED) is 0.784. The van der Waals surface area contributed by atoms with Crippen LogP contribution in [0.25, 0.3) is 21.8 Å². The summed E-state index contributed by atoms with van der Waals surface area (Å²) in [5.41, 5.74) is 3.01. The largest absolute Gasteiger partial charge is 0.339 e. The highest BCUT2D eigenvalue weighted by Gasteiger charge is 2.15. The molecule has 0 bridgehead atoms. The molecular formula is C18H23N5O. The zero-order valence-electron chi connectivity index (χ0n) is 14.2. The minimum absolute atomic E-state index is 0.000937. The maximum atomic E-state index is 12.9. The van der Waals surface area contributed by atoms with Gasteiger partial charge in [-0.15, -0.1) is 0 Å². The number of nitrogens with zero attached hydrogens (tertiary/aromatic N) is 4. The summed E-state index contributed by atoms with van der Waals surface area (Å²) in [5, 5.41) is 9.83. The van der Waals surface area contributed by atoms with Crippen molar-refractivity contribution in [2.24, 2.45) is 7.05 Å². The van der Waals surface area contributed by atoms with E-state index in [1.165, 1.54) is 5.56 Å². The predicted octanol–water partition coefficient (Wildman–Crippen LogP) is 1.10. The Morgan fingerprint density at radius 3 is 2.75 bits per heavy atom. The van der Waals surface area contributed by atoms with Crippen LogP contribution in [0.5, 0.6) is 0 Å². The van der Waals surface area contributed by atoms with Crippen molar-refractivity contribution in [3.05, 3.63) is 40.3 Å². The van der Waals surface area contributed by atoms with Gasteiger partial charge in [-0.25, -0.2) is 4.68 Å². The minimum atomic E-state index is -0.000937. The summed E-state index contributed by atoms with van der Waals surface area (Å²) in [6.07, 6.45) is 1.84. The average molecular weight is 325 g/mol. The number of aryl methyl sites for hydroxylation is 2. The number of hydrogen-bond donors (Lipinski definition) is 1. The molecule has 24 heavy (non-hydrogen) atoms. The number of aromatic nitrogens is 3. The second kappa shape index (κ2) is 6.03. The van der Waals surface area contributed by atoms with E-state index in [-0.39, 0.29) is 5.56 Å². The Balaban J connectivity index is 1.73. The monoisotopic (exact) mass is 325 g/mol. The van der Waals surface area contributed by atoms with Gasteiger partial charge in [-0.1, -0.05) is 11.6 Å². The van der Waals surface area contributed by atoms with Crippen molar-refractivity contribution >= 4 is 21.8 Å². The molecule has 3 aromatic rings. The van der Waals surface area contributed by atoms with Crippen LogP contribution in [0.4, 0.5) is 0 Å². The van der Waals surface area contributed by atoms with Crippen molar-refractivity contribution in [3.8, 4) is 0 Å². The molecule has 0 radical (unpaired) electrons. The first-order chi connectivity index (χ1) is 11.6. The minimum Gasteiger partial charge on any atom is -0.339 e. The molecule has 1 aliphatic rings. The standard InChI is InChI=1S/C18H23N5O/c1-13-3-4-16-14(11-13)15-12-20-23(18(24)17(15)21(16)2)10-9-22-7-5-19-6-8-22/h3-4,11-12,19H,5-10H2,1-2H3. The normalized spacial score (nSPS) is 16.2. The van der Waals surface area contributed by atoms with Crippen LogP contribution in [-0.4, -0.2) is 52.0 Å². The maximum absolute atomic E-state index is 12.9. The van der Waals surface area contributed by atoms with Gasteiger partial charge in [0.15, 0.2) is 0 Å². The fourth-order valence-corrected chi connectivity index (χ4v) is 3.61. The lowest BCUT2D eigenvalue weighted by molar-refractivity contribution is 0.228. The van der Waals surface area contributed by atoms with Gasteiger partial charge < -0.3 is 9.88 Å². The first kappa shape index (κ1) is 15.4. The first-order valence-corrected chi connectivity index (χ1v) is 8.53. The zero-order valence-corrected chi connectivity index (χ0v) is 14.2. The van der Waals surface area contributed by atoms with Gasteiger partial charge in [-0.05, 0) is 19.1 Å². The first-order valence-electron chi connectivity index (χ1n) is 8.53. The molecule has 1 fully saturated rings. The molecule has 1 saturated heterocycles. The van der Waals surface area contributed by atoms with E-state index in [9.17, 15) is 4.79 Å². The molecular weight excluding hydrogens is 302 g/mol. The van der Waals surface area contributed by atoms with E-state index in [0.29, 0.717) is 6.54 Å². The third-order valence-electron chi connectivity index (χ3n) is 4.99. The second-order valence-corrected chi connectivity index (χ2v) is 6.61. The van der Waals surface area contributed by atoms with Crippen LogP contribution < -0.4 is 10.9 Å². The van der Waals surface area contributed by atoms with Crippen LogP contribution in [0.15, 0.2) is 29.2 Å². The van der Waals surface area contributed by atoms with Gasteiger partial charge in [0.2, 0.25) is 0 Å². The molecule has 1 N–H and O–H groups in total. The number of piperazine rings is 1. The van der Waals surface area contributed by atoms with Gasteiger partial charge in [-0.2, -0.15) is 5.10 Å². The molecule has 3 heterocycles. The molecule has 2 aromatic heterocycles. The lowest BCUT2D eigenvalue weighted by Crippen LogP contribution is -2.45. The Morgan fingerprint density at radius 1 is 1.17 bits per heavy atom. The lowest BCUT2D eigenvalue weighted by Gasteiger charge is -2.26. The van der Waals surface area contributed by atoms with Crippen molar-refractivity contribution in [2.45, 2.75) is 13.5 Å². The van der Waals surface area contributed by atoms with E-state index in [1.54, 1.807) is 4.68 Å².